The molecule has 1 fully saturated rings. The second-order valence-electron chi connectivity index (χ2n) is 8.28. The quantitative estimate of drug-likeness (QED) is 0.311. The summed E-state index contributed by atoms with van der Waals surface area (Å²) in [4.78, 5) is 42.9. The SMILES string of the molecule is C[C@H](Sc1nc2cc(Cl)ccc2c(=O)n1C[C@H]1CCCO1)C(=O)c1ccc2c(c1)NC(=O)CO2. The lowest BCUT2D eigenvalue weighted by Crippen LogP contribution is -2.29. The molecule has 1 N–H and O–H groups in total. The average Bonchev–Trinajstić information content (AvgIpc) is 3.33. The number of aromatic nitrogens is 2. The number of carbonyl (C=O) groups excluding carboxylic acids is 2. The standard InChI is InChI=1S/C24H22ClN3O5S/c1-13(22(30)14-4-7-20-19(9-14)26-21(29)12-33-20)34-24-27-18-10-15(25)5-6-17(18)23(31)28(24)11-16-3-2-8-32-16/h4-7,9-10,13,16H,2-3,8,11-12H2,1H3,(H,26,29)/t13-,16+/m0/s1. The van der Waals surface area contributed by atoms with E-state index in [1.165, 1.54) is 11.8 Å². The zero-order chi connectivity index (χ0) is 23.8. The van der Waals surface area contributed by atoms with E-state index >= 15 is 0 Å². The van der Waals surface area contributed by atoms with E-state index in [2.05, 4.69) is 5.32 Å². The summed E-state index contributed by atoms with van der Waals surface area (Å²) in [7, 11) is 0. The van der Waals surface area contributed by atoms with Gasteiger partial charge in [0.2, 0.25) is 0 Å². The van der Waals surface area contributed by atoms with Crippen LogP contribution in [0.1, 0.15) is 30.1 Å². The Morgan fingerprint density at radius 1 is 1.29 bits per heavy atom. The van der Waals surface area contributed by atoms with Crippen LogP contribution in [-0.2, 0) is 16.1 Å². The maximum Gasteiger partial charge on any atom is 0.262 e. The molecule has 2 aliphatic rings. The van der Waals surface area contributed by atoms with Crippen molar-refractivity contribution in [3.05, 3.63) is 57.3 Å². The van der Waals surface area contributed by atoms with Crippen LogP contribution in [0.2, 0.25) is 5.02 Å². The maximum atomic E-state index is 13.3. The first kappa shape index (κ1) is 22.9. The smallest absolute Gasteiger partial charge is 0.262 e. The molecule has 0 radical (unpaired) electrons. The number of hydrogen-bond donors (Lipinski definition) is 1. The third kappa shape index (κ3) is 4.55. The number of anilines is 1. The number of fused-ring (bicyclic) bond motifs is 2. The molecule has 2 aromatic carbocycles. The van der Waals surface area contributed by atoms with Crippen molar-refractivity contribution >= 4 is 51.6 Å². The van der Waals surface area contributed by atoms with Crippen molar-refractivity contribution in [1.82, 2.24) is 9.55 Å². The molecule has 1 saturated heterocycles. The van der Waals surface area contributed by atoms with E-state index in [0.29, 0.717) is 51.2 Å². The van der Waals surface area contributed by atoms with E-state index in [4.69, 9.17) is 26.1 Å². The van der Waals surface area contributed by atoms with Crippen LogP contribution < -0.4 is 15.6 Å². The van der Waals surface area contributed by atoms with Crippen molar-refractivity contribution in [2.24, 2.45) is 0 Å². The normalized spacial score (nSPS) is 18.3. The summed E-state index contributed by atoms with van der Waals surface area (Å²) in [6.07, 6.45) is 1.75. The van der Waals surface area contributed by atoms with Crippen LogP contribution in [0.3, 0.4) is 0 Å². The van der Waals surface area contributed by atoms with Crippen molar-refractivity contribution in [3.8, 4) is 5.75 Å². The fourth-order valence-electron chi connectivity index (χ4n) is 4.10. The summed E-state index contributed by atoms with van der Waals surface area (Å²) in [5.74, 6) is 0.100. The third-order valence-electron chi connectivity index (χ3n) is 5.84. The molecule has 5 rings (SSSR count). The van der Waals surface area contributed by atoms with Gasteiger partial charge in [-0.05, 0) is 56.2 Å². The summed E-state index contributed by atoms with van der Waals surface area (Å²) >= 11 is 7.35. The van der Waals surface area contributed by atoms with Gasteiger partial charge in [-0.3, -0.25) is 19.0 Å². The van der Waals surface area contributed by atoms with Gasteiger partial charge in [0.15, 0.2) is 17.5 Å². The Labute approximate surface area is 204 Å². The van der Waals surface area contributed by atoms with Crippen LogP contribution in [0.5, 0.6) is 5.75 Å². The molecule has 3 aromatic rings. The number of Topliss-reactive ketones (excluding diaryl/α,β-unsaturated/α-hetero) is 1. The Bertz CT molecular complexity index is 1350. The molecule has 2 aliphatic heterocycles. The fourth-order valence-corrected chi connectivity index (χ4v) is 5.26. The van der Waals surface area contributed by atoms with Gasteiger partial charge in [0, 0.05) is 17.2 Å². The minimum absolute atomic E-state index is 0.0492. The maximum absolute atomic E-state index is 13.3. The number of ether oxygens (including phenoxy) is 2. The number of hydrogen-bond acceptors (Lipinski definition) is 7. The van der Waals surface area contributed by atoms with Crippen molar-refractivity contribution < 1.29 is 19.1 Å². The van der Waals surface area contributed by atoms with E-state index in [1.807, 2.05) is 0 Å². The van der Waals surface area contributed by atoms with Gasteiger partial charge in [-0.1, -0.05) is 23.4 Å². The molecule has 10 heteroatoms. The Kier molecular flexibility index (Phi) is 6.33. The van der Waals surface area contributed by atoms with Gasteiger partial charge in [-0.25, -0.2) is 4.98 Å². The lowest BCUT2D eigenvalue weighted by atomic mass is 10.1. The highest BCUT2D eigenvalue weighted by Crippen LogP contribution is 2.31. The van der Waals surface area contributed by atoms with E-state index in [-0.39, 0.29) is 30.0 Å². The zero-order valence-corrected chi connectivity index (χ0v) is 19.9. The lowest BCUT2D eigenvalue weighted by Gasteiger charge is -2.20. The largest absolute Gasteiger partial charge is 0.482 e. The molecule has 1 amide bonds. The van der Waals surface area contributed by atoms with Crippen molar-refractivity contribution in [2.45, 2.75) is 42.8 Å². The van der Waals surface area contributed by atoms with Gasteiger partial charge < -0.3 is 14.8 Å². The van der Waals surface area contributed by atoms with Crippen molar-refractivity contribution in [1.29, 1.82) is 0 Å². The Morgan fingerprint density at radius 2 is 2.15 bits per heavy atom. The summed E-state index contributed by atoms with van der Waals surface area (Å²) in [6, 6.07) is 9.94. The second kappa shape index (κ2) is 9.40. The Balaban J connectivity index is 1.47. The number of nitrogens with zero attached hydrogens (tertiary/aromatic N) is 2. The number of nitrogens with one attached hydrogen (secondary N) is 1. The topological polar surface area (TPSA) is 99.5 Å². The van der Waals surface area contributed by atoms with Crippen LogP contribution in [0.25, 0.3) is 10.9 Å². The van der Waals surface area contributed by atoms with Crippen LogP contribution in [0, 0.1) is 0 Å². The van der Waals surface area contributed by atoms with Crippen LogP contribution in [-0.4, -0.2) is 45.8 Å². The summed E-state index contributed by atoms with van der Waals surface area (Å²) < 4.78 is 12.7. The number of amides is 1. The minimum Gasteiger partial charge on any atom is -0.482 e. The Hall–Kier alpha value is -2.88. The van der Waals surface area contributed by atoms with Crippen LogP contribution in [0.4, 0.5) is 5.69 Å². The summed E-state index contributed by atoms with van der Waals surface area (Å²) in [5.41, 5.74) is 1.19. The minimum atomic E-state index is -0.544. The van der Waals surface area contributed by atoms with Gasteiger partial charge in [0.1, 0.15) is 5.75 Å². The van der Waals surface area contributed by atoms with Crippen LogP contribution in [0.15, 0.2) is 46.3 Å². The van der Waals surface area contributed by atoms with Crippen molar-refractivity contribution in [2.75, 3.05) is 18.5 Å². The first-order valence-corrected chi connectivity index (χ1v) is 12.2. The molecular formula is C24H22ClN3O5S. The Morgan fingerprint density at radius 3 is 2.94 bits per heavy atom. The molecule has 176 valence electrons. The molecule has 0 bridgehead atoms. The molecule has 3 heterocycles. The molecule has 0 saturated carbocycles. The monoisotopic (exact) mass is 499 g/mol. The number of benzene rings is 2. The number of carbonyl (C=O) groups is 2. The zero-order valence-electron chi connectivity index (χ0n) is 18.4. The first-order valence-electron chi connectivity index (χ1n) is 11.0. The highest BCUT2D eigenvalue weighted by atomic mass is 35.5. The fraction of sp³-hybridized carbons (Fsp3) is 0.333. The van der Waals surface area contributed by atoms with E-state index in [9.17, 15) is 14.4 Å². The summed E-state index contributed by atoms with van der Waals surface area (Å²) in [5, 5.41) is 3.56. The predicted molar refractivity (Wildman–Crippen MR) is 130 cm³/mol. The number of rotatable bonds is 6. The number of halogens is 1. The molecule has 8 nitrogen and oxygen atoms in total. The molecule has 0 aliphatic carbocycles. The average molecular weight is 500 g/mol. The van der Waals surface area contributed by atoms with Crippen LogP contribution >= 0.6 is 23.4 Å². The highest BCUT2D eigenvalue weighted by molar-refractivity contribution is 8.00. The van der Waals surface area contributed by atoms with E-state index < -0.39 is 5.25 Å². The van der Waals surface area contributed by atoms with Crippen molar-refractivity contribution in [3.63, 3.8) is 0 Å². The number of ketones is 1. The van der Waals surface area contributed by atoms with Gasteiger partial charge in [-0.15, -0.1) is 0 Å². The molecule has 2 atom stereocenters. The lowest BCUT2D eigenvalue weighted by molar-refractivity contribution is -0.118. The van der Waals surface area contributed by atoms with Gasteiger partial charge in [0.05, 0.1) is 34.5 Å². The first-order chi connectivity index (χ1) is 16.4. The molecule has 1 aromatic heterocycles. The summed E-state index contributed by atoms with van der Waals surface area (Å²) in [6.45, 7) is 2.76. The third-order valence-corrected chi connectivity index (χ3v) is 7.17. The van der Waals surface area contributed by atoms with E-state index in [0.717, 1.165) is 12.8 Å². The molecule has 0 spiro atoms. The van der Waals surface area contributed by atoms with E-state index in [1.54, 1.807) is 47.9 Å². The highest BCUT2D eigenvalue weighted by Gasteiger charge is 2.25. The van der Waals surface area contributed by atoms with Gasteiger partial charge in [0.25, 0.3) is 11.5 Å². The second-order valence-corrected chi connectivity index (χ2v) is 10.0. The molecule has 34 heavy (non-hydrogen) atoms. The predicted octanol–water partition coefficient (Wildman–Crippen LogP) is 3.92. The molecule has 0 unspecified atom stereocenters. The number of thioether (sulfide) groups is 1. The molecular weight excluding hydrogens is 478 g/mol. The van der Waals surface area contributed by atoms with Gasteiger partial charge >= 0.3 is 0 Å². The van der Waals surface area contributed by atoms with Gasteiger partial charge in [-0.2, -0.15) is 0 Å².